The molecule has 0 unspecified atom stereocenters. The van der Waals surface area contributed by atoms with Crippen molar-refractivity contribution in [3.05, 3.63) is 70.9 Å². The third-order valence-electron chi connectivity index (χ3n) is 4.08. The van der Waals surface area contributed by atoms with Gasteiger partial charge < -0.3 is 10.5 Å². The highest BCUT2D eigenvalue weighted by molar-refractivity contribution is 7.20. The van der Waals surface area contributed by atoms with Crippen LogP contribution in [0.4, 0.5) is 10.2 Å². The second kappa shape index (κ2) is 6.77. The first kappa shape index (κ1) is 17.1. The fourth-order valence-electron chi connectivity index (χ4n) is 2.78. The van der Waals surface area contributed by atoms with E-state index in [0.29, 0.717) is 37.8 Å². The van der Waals surface area contributed by atoms with E-state index < -0.39 is 0 Å². The van der Waals surface area contributed by atoms with E-state index in [9.17, 15) is 9.18 Å². The van der Waals surface area contributed by atoms with Crippen molar-refractivity contribution >= 4 is 33.2 Å². The van der Waals surface area contributed by atoms with Crippen LogP contribution in [0.15, 0.2) is 54.6 Å². The zero-order valence-corrected chi connectivity index (χ0v) is 15.1. The van der Waals surface area contributed by atoms with E-state index in [1.54, 1.807) is 42.5 Å². The molecule has 5 nitrogen and oxygen atoms in total. The van der Waals surface area contributed by atoms with Gasteiger partial charge in [-0.25, -0.2) is 14.4 Å². The second-order valence-corrected chi connectivity index (χ2v) is 6.83. The van der Waals surface area contributed by atoms with E-state index in [1.807, 2.05) is 0 Å². The number of benzene rings is 2. The lowest BCUT2D eigenvalue weighted by atomic mass is 10.1. The SMILES string of the molecule is COc1ccccc1C(=O)c1cc2c(N)nc(-c3cccc(F)c3)nc2s1. The number of hydrogen-bond acceptors (Lipinski definition) is 6. The van der Waals surface area contributed by atoms with Crippen molar-refractivity contribution in [1.82, 2.24) is 9.97 Å². The van der Waals surface area contributed by atoms with Crippen LogP contribution in [0.25, 0.3) is 21.6 Å². The number of anilines is 1. The molecule has 0 saturated carbocycles. The Hall–Kier alpha value is -3.32. The van der Waals surface area contributed by atoms with Crippen molar-refractivity contribution in [1.29, 1.82) is 0 Å². The Morgan fingerprint density at radius 2 is 1.93 bits per heavy atom. The number of rotatable bonds is 4. The van der Waals surface area contributed by atoms with Gasteiger partial charge >= 0.3 is 0 Å². The molecule has 0 atom stereocenters. The van der Waals surface area contributed by atoms with Crippen molar-refractivity contribution < 1.29 is 13.9 Å². The Labute approximate surface area is 158 Å². The smallest absolute Gasteiger partial charge is 0.206 e. The largest absolute Gasteiger partial charge is 0.496 e. The van der Waals surface area contributed by atoms with Gasteiger partial charge in [0, 0.05) is 5.56 Å². The van der Waals surface area contributed by atoms with Gasteiger partial charge in [0.25, 0.3) is 0 Å². The molecule has 0 aliphatic heterocycles. The maximum absolute atomic E-state index is 13.5. The number of nitrogens with zero attached hydrogens (tertiary/aromatic N) is 2. The number of para-hydroxylation sites is 1. The fourth-order valence-corrected chi connectivity index (χ4v) is 3.77. The van der Waals surface area contributed by atoms with Gasteiger partial charge in [-0.05, 0) is 30.3 Å². The predicted octanol–water partition coefficient (Wildman–Crippen LogP) is 4.32. The van der Waals surface area contributed by atoms with Crippen LogP contribution < -0.4 is 10.5 Å². The molecule has 0 radical (unpaired) electrons. The zero-order chi connectivity index (χ0) is 19.0. The molecule has 0 aliphatic rings. The number of nitrogens with two attached hydrogens (primary N) is 1. The van der Waals surface area contributed by atoms with E-state index in [-0.39, 0.29) is 17.4 Å². The third kappa shape index (κ3) is 3.13. The van der Waals surface area contributed by atoms with Crippen LogP contribution in [0.1, 0.15) is 15.2 Å². The molecule has 4 aromatic rings. The molecule has 4 rings (SSSR count). The van der Waals surface area contributed by atoms with Crippen LogP contribution in [-0.4, -0.2) is 22.9 Å². The van der Waals surface area contributed by atoms with E-state index in [4.69, 9.17) is 10.5 Å². The molecule has 2 N–H and O–H groups in total. The Kier molecular flexibility index (Phi) is 4.29. The summed E-state index contributed by atoms with van der Waals surface area (Å²) in [5.74, 6) is 0.502. The topological polar surface area (TPSA) is 78.1 Å². The molecular weight excluding hydrogens is 365 g/mol. The Morgan fingerprint density at radius 3 is 2.70 bits per heavy atom. The van der Waals surface area contributed by atoms with Crippen molar-refractivity contribution in [2.45, 2.75) is 0 Å². The quantitative estimate of drug-likeness (QED) is 0.534. The average molecular weight is 379 g/mol. The van der Waals surface area contributed by atoms with Gasteiger partial charge in [0.1, 0.15) is 22.2 Å². The summed E-state index contributed by atoms with van der Waals surface area (Å²) in [4.78, 5) is 22.7. The number of carbonyl (C=O) groups is 1. The summed E-state index contributed by atoms with van der Waals surface area (Å²) in [6.07, 6.45) is 0. The van der Waals surface area contributed by atoms with Crippen LogP contribution in [0.5, 0.6) is 5.75 Å². The summed E-state index contributed by atoms with van der Waals surface area (Å²) < 4.78 is 18.8. The number of fused-ring (bicyclic) bond motifs is 1. The minimum Gasteiger partial charge on any atom is -0.496 e. The number of ether oxygens (including phenoxy) is 1. The minimum absolute atomic E-state index is 0.179. The number of carbonyl (C=O) groups excluding carboxylic acids is 1. The summed E-state index contributed by atoms with van der Waals surface area (Å²) >= 11 is 1.22. The molecular formula is C20H14FN3O2S. The van der Waals surface area contributed by atoms with Crippen LogP contribution >= 0.6 is 11.3 Å². The first-order valence-corrected chi connectivity index (χ1v) is 8.89. The molecule has 0 aliphatic carbocycles. The summed E-state index contributed by atoms with van der Waals surface area (Å²) in [5, 5.41) is 0.596. The maximum Gasteiger partial charge on any atom is 0.206 e. The molecule has 0 bridgehead atoms. The monoisotopic (exact) mass is 379 g/mol. The molecule has 0 spiro atoms. The van der Waals surface area contributed by atoms with Gasteiger partial charge in [-0.2, -0.15) is 0 Å². The Balaban J connectivity index is 1.81. The number of aromatic nitrogens is 2. The number of halogens is 1. The van der Waals surface area contributed by atoms with Gasteiger partial charge in [0.2, 0.25) is 5.78 Å². The number of nitrogen functional groups attached to an aromatic ring is 1. The Bertz CT molecular complexity index is 1170. The molecule has 27 heavy (non-hydrogen) atoms. The molecule has 2 aromatic heterocycles. The molecule has 2 aromatic carbocycles. The molecule has 134 valence electrons. The highest BCUT2D eigenvalue weighted by Gasteiger charge is 2.19. The molecule has 7 heteroatoms. The molecule has 0 saturated heterocycles. The van der Waals surface area contributed by atoms with E-state index >= 15 is 0 Å². The van der Waals surface area contributed by atoms with Gasteiger partial charge in [-0.15, -0.1) is 11.3 Å². The van der Waals surface area contributed by atoms with E-state index in [0.717, 1.165) is 0 Å². The third-order valence-corrected chi connectivity index (χ3v) is 5.11. The fraction of sp³-hybridized carbons (Fsp3) is 0.0500. The first-order valence-electron chi connectivity index (χ1n) is 8.07. The standard InChI is InChI=1S/C20H14FN3O2S/c1-26-15-8-3-2-7-13(15)17(25)16-10-14-18(22)23-19(24-20(14)27-16)11-5-4-6-12(21)9-11/h2-10H,1H3,(H2,22,23,24). The first-order chi connectivity index (χ1) is 13.1. The highest BCUT2D eigenvalue weighted by Crippen LogP contribution is 2.32. The van der Waals surface area contributed by atoms with Crippen molar-refractivity contribution in [3.8, 4) is 17.1 Å². The van der Waals surface area contributed by atoms with Crippen LogP contribution in [0, 0.1) is 5.82 Å². The zero-order valence-electron chi connectivity index (χ0n) is 14.3. The van der Waals surface area contributed by atoms with Gasteiger partial charge in [0.05, 0.1) is 22.9 Å². The van der Waals surface area contributed by atoms with E-state index in [1.165, 1.54) is 30.6 Å². The average Bonchev–Trinajstić information content (AvgIpc) is 3.12. The number of methoxy groups -OCH3 is 1. The summed E-state index contributed by atoms with van der Waals surface area (Å²) in [7, 11) is 1.52. The van der Waals surface area contributed by atoms with Crippen LogP contribution in [-0.2, 0) is 0 Å². The second-order valence-electron chi connectivity index (χ2n) is 5.80. The van der Waals surface area contributed by atoms with Gasteiger partial charge in [0.15, 0.2) is 5.82 Å². The van der Waals surface area contributed by atoms with Gasteiger partial charge in [-0.3, -0.25) is 4.79 Å². The van der Waals surface area contributed by atoms with Crippen molar-refractivity contribution in [2.75, 3.05) is 12.8 Å². The number of thiophene rings is 1. The van der Waals surface area contributed by atoms with Crippen molar-refractivity contribution in [3.63, 3.8) is 0 Å². The number of ketones is 1. The number of hydrogen-bond donors (Lipinski definition) is 1. The van der Waals surface area contributed by atoms with E-state index in [2.05, 4.69) is 9.97 Å². The lowest BCUT2D eigenvalue weighted by Crippen LogP contribution is -2.01. The lowest BCUT2D eigenvalue weighted by Gasteiger charge is -2.05. The maximum atomic E-state index is 13.5. The molecule has 2 heterocycles. The normalized spacial score (nSPS) is 10.9. The molecule has 0 amide bonds. The predicted molar refractivity (Wildman–Crippen MR) is 104 cm³/mol. The highest BCUT2D eigenvalue weighted by atomic mass is 32.1. The summed E-state index contributed by atoms with van der Waals surface area (Å²) in [6, 6.07) is 14.7. The summed E-state index contributed by atoms with van der Waals surface area (Å²) in [5.41, 5.74) is 7.05. The van der Waals surface area contributed by atoms with Crippen molar-refractivity contribution in [2.24, 2.45) is 0 Å². The minimum atomic E-state index is -0.381. The molecule has 0 fully saturated rings. The van der Waals surface area contributed by atoms with Crippen LogP contribution in [0.3, 0.4) is 0 Å². The van der Waals surface area contributed by atoms with Gasteiger partial charge in [-0.1, -0.05) is 24.3 Å². The Morgan fingerprint density at radius 1 is 1.11 bits per heavy atom. The lowest BCUT2D eigenvalue weighted by molar-refractivity contribution is 0.103. The van der Waals surface area contributed by atoms with Crippen LogP contribution in [0.2, 0.25) is 0 Å². The summed E-state index contributed by atoms with van der Waals surface area (Å²) in [6.45, 7) is 0.